The number of aliphatic hydroxyl groups is 1. The van der Waals surface area contributed by atoms with E-state index in [9.17, 15) is 9.90 Å². The molecular weight excluding hydrogens is 430 g/mol. The number of aryl methyl sites for hydroxylation is 1. The largest absolute Gasteiger partial charge is 0.491 e. The SMILES string of the molecule is Cc1ccc2c(c1)CCN(C[C@@H](O)CN1CCOc3ccc(Nc4cncnc4)cc3C1=O)C2. The predicted octanol–water partition coefficient (Wildman–Crippen LogP) is 2.78. The molecule has 0 unspecified atom stereocenters. The molecule has 0 spiro atoms. The molecule has 2 aromatic carbocycles. The number of nitrogens with zero attached hydrogens (tertiary/aromatic N) is 4. The van der Waals surface area contributed by atoms with E-state index in [2.05, 4.69) is 45.3 Å². The molecule has 2 aliphatic heterocycles. The quantitative estimate of drug-likeness (QED) is 0.586. The molecule has 8 nitrogen and oxygen atoms in total. The number of aromatic nitrogens is 2. The van der Waals surface area contributed by atoms with E-state index >= 15 is 0 Å². The van der Waals surface area contributed by atoms with Crippen LogP contribution in [0, 0.1) is 6.92 Å². The van der Waals surface area contributed by atoms with Gasteiger partial charge in [-0.05, 0) is 42.7 Å². The number of carbonyl (C=O) groups excluding carboxylic acids is 1. The molecule has 2 aliphatic rings. The van der Waals surface area contributed by atoms with Gasteiger partial charge < -0.3 is 20.1 Å². The van der Waals surface area contributed by atoms with Gasteiger partial charge in [0.2, 0.25) is 0 Å². The van der Waals surface area contributed by atoms with Crippen LogP contribution >= 0.6 is 0 Å². The van der Waals surface area contributed by atoms with Gasteiger partial charge in [0.15, 0.2) is 0 Å². The fourth-order valence-electron chi connectivity index (χ4n) is 4.65. The average Bonchev–Trinajstić information content (AvgIpc) is 2.98. The highest BCUT2D eigenvalue weighted by atomic mass is 16.5. The smallest absolute Gasteiger partial charge is 0.257 e. The number of β-amino-alcohol motifs (C(OH)–C–C–N with tert-alkyl or cyclic N) is 1. The van der Waals surface area contributed by atoms with Gasteiger partial charge in [-0.1, -0.05) is 23.8 Å². The lowest BCUT2D eigenvalue weighted by Crippen LogP contribution is -2.44. The molecule has 1 atom stereocenters. The van der Waals surface area contributed by atoms with E-state index < -0.39 is 6.10 Å². The molecule has 0 fully saturated rings. The van der Waals surface area contributed by atoms with Crippen LogP contribution in [0.2, 0.25) is 0 Å². The Morgan fingerprint density at radius 3 is 2.76 bits per heavy atom. The van der Waals surface area contributed by atoms with Crippen LogP contribution < -0.4 is 10.1 Å². The van der Waals surface area contributed by atoms with E-state index in [4.69, 9.17) is 4.74 Å². The zero-order valence-corrected chi connectivity index (χ0v) is 19.3. The van der Waals surface area contributed by atoms with Crippen molar-refractivity contribution in [2.75, 3.05) is 38.1 Å². The number of hydrogen-bond acceptors (Lipinski definition) is 7. The Morgan fingerprint density at radius 2 is 1.91 bits per heavy atom. The Bertz CT molecular complexity index is 1170. The number of rotatable bonds is 6. The van der Waals surface area contributed by atoms with Crippen molar-refractivity contribution >= 4 is 17.3 Å². The van der Waals surface area contributed by atoms with Crippen molar-refractivity contribution in [1.82, 2.24) is 19.8 Å². The van der Waals surface area contributed by atoms with Gasteiger partial charge in [0.1, 0.15) is 18.7 Å². The van der Waals surface area contributed by atoms with Crippen molar-refractivity contribution < 1.29 is 14.6 Å². The molecule has 5 rings (SSSR count). The maximum absolute atomic E-state index is 13.3. The minimum atomic E-state index is -0.639. The third-order valence-electron chi connectivity index (χ3n) is 6.32. The van der Waals surface area contributed by atoms with Crippen molar-refractivity contribution in [1.29, 1.82) is 0 Å². The maximum Gasteiger partial charge on any atom is 0.257 e. The molecule has 34 heavy (non-hydrogen) atoms. The summed E-state index contributed by atoms with van der Waals surface area (Å²) < 4.78 is 5.83. The van der Waals surface area contributed by atoms with Crippen LogP contribution in [0.4, 0.5) is 11.4 Å². The van der Waals surface area contributed by atoms with E-state index in [1.165, 1.54) is 23.0 Å². The Kier molecular flexibility index (Phi) is 6.42. The van der Waals surface area contributed by atoms with Gasteiger partial charge in [-0.15, -0.1) is 0 Å². The zero-order valence-electron chi connectivity index (χ0n) is 19.3. The second-order valence-electron chi connectivity index (χ2n) is 8.97. The van der Waals surface area contributed by atoms with Crippen LogP contribution in [0.3, 0.4) is 0 Å². The number of nitrogens with one attached hydrogen (secondary N) is 1. The lowest BCUT2D eigenvalue weighted by Gasteiger charge is -2.32. The highest BCUT2D eigenvalue weighted by Gasteiger charge is 2.27. The first-order valence-corrected chi connectivity index (χ1v) is 11.6. The van der Waals surface area contributed by atoms with Gasteiger partial charge in [-0.2, -0.15) is 0 Å². The molecule has 1 aromatic heterocycles. The van der Waals surface area contributed by atoms with Crippen LogP contribution in [0.1, 0.15) is 27.0 Å². The predicted molar refractivity (Wildman–Crippen MR) is 129 cm³/mol. The van der Waals surface area contributed by atoms with Crippen molar-refractivity contribution in [3.05, 3.63) is 77.4 Å². The lowest BCUT2D eigenvalue weighted by atomic mass is 9.97. The zero-order chi connectivity index (χ0) is 23.5. The summed E-state index contributed by atoms with van der Waals surface area (Å²) in [5, 5.41) is 14.1. The molecule has 8 heteroatoms. The number of benzene rings is 2. The van der Waals surface area contributed by atoms with Crippen LogP contribution in [-0.4, -0.2) is 69.7 Å². The fraction of sp³-hybridized carbons (Fsp3) is 0.346. The van der Waals surface area contributed by atoms with Crippen LogP contribution in [0.5, 0.6) is 5.75 Å². The standard InChI is InChI=1S/C26H29N5O3/c1-18-2-3-20-14-30(7-6-19(20)10-18)15-23(32)16-31-8-9-34-25-5-4-21(11-24(25)26(31)33)29-22-12-27-17-28-13-22/h2-5,10-13,17,23,29,32H,6-9,14-16H2,1H3/t23-/m1/s1. The van der Waals surface area contributed by atoms with Crippen LogP contribution in [0.25, 0.3) is 0 Å². The molecule has 0 bridgehead atoms. The minimum absolute atomic E-state index is 0.140. The third kappa shape index (κ3) is 5.03. The van der Waals surface area contributed by atoms with Crippen molar-refractivity contribution in [2.45, 2.75) is 26.0 Å². The van der Waals surface area contributed by atoms with E-state index in [0.29, 0.717) is 31.0 Å². The molecule has 3 heterocycles. The van der Waals surface area contributed by atoms with Gasteiger partial charge in [-0.3, -0.25) is 9.69 Å². The van der Waals surface area contributed by atoms with E-state index in [-0.39, 0.29) is 12.5 Å². The summed E-state index contributed by atoms with van der Waals surface area (Å²) in [5.74, 6) is 0.416. The Hall–Kier alpha value is -3.49. The normalized spacial score (nSPS) is 16.8. The molecule has 0 saturated heterocycles. The number of amides is 1. The first kappa shape index (κ1) is 22.3. The molecule has 0 radical (unpaired) electrons. The highest BCUT2D eigenvalue weighted by Crippen LogP contribution is 2.28. The highest BCUT2D eigenvalue weighted by molar-refractivity contribution is 5.98. The summed E-state index contributed by atoms with van der Waals surface area (Å²) in [6.45, 7) is 5.47. The molecule has 1 amide bonds. The van der Waals surface area contributed by atoms with E-state index in [1.807, 2.05) is 6.07 Å². The van der Waals surface area contributed by atoms with Gasteiger partial charge in [0, 0.05) is 31.9 Å². The monoisotopic (exact) mass is 459 g/mol. The number of anilines is 2. The van der Waals surface area contributed by atoms with Gasteiger partial charge >= 0.3 is 0 Å². The van der Waals surface area contributed by atoms with Gasteiger partial charge in [0.25, 0.3) is 5.91 Å². The summed E-state index contributed by atoms with van der Waals surface area (Å²) in [7, 11) is 0. The molecular formula is C26H29N5O3. The minimum Gasteiger partial charge on any atom is -0.491 e. The van der Waals surface area contributed by atoms with Crippen LogP contribution in [0.15, 0.2) is 55.1 Å². The molecule has 3 aromatic rings. The average molecular weight is 460 g/mol. The first-order chi connectivity index (χ1) is 16.5. The van der Waals surface area contributed by atoms with Gasteiger partial charge in [0.05, 0.1) is 36.3 Å². The van der Waals surface area contributed by atoms with Crippen LogP contribution in [-0.2, 0) is 13.0 Å². The van der Waals surface area contributed by atoms with E-state index in [0.717, 1.165) is 30.9 Å². The van der Waals surface area contributed by atoms with Crippen molar-refractivity contribution in [3.8, 4) is 5.75 Å². The fourth-order valence-corrected chi connectivity index (χ4v) is 4.65. The topological polar surface area (TPSA) is 90.8 Å². The number of aliphatic hydroxyl groups excluding tert-OH is 1. The Labute approximate surface area is 199 Å². The number of ether oxygens (including phenoxy) is 1. The summed E-state index contributed by atoms with van der Waals surface area (Å²) in [4.78, 5) is 25.3. The summed E-state index contributed by atoms with van der Waals surface area (Å²) >= 11 is 0. The molecule has 2 N–H and O–H groups in total. The maximum atomic E-state index is 13.3. The second-order valence-corrected chi connectivity index (χ2v) is 8.97. The Morgan fingerprint density at radius 1 is 1.06 bits per heavy atom. The second kappa shape index (κ2) is 9.79. The number of fused-ring (bicyclic) bond motifs is 2. The number of carbonyl (C=O) groups is 1. The van der Waals surface area contributed by atoms with Crippen molar-refractivity contribution in [3.63, 3.8) is 0 Å². The first-order valence-electron chi connectivity index (χ1n) is 11.6. The van der Waals surface area contributed by atoms with Gasteiger partial charge in [-0.25, -0.2) is 9.97 Å². The molecule has 0 saturated carbocycles. The summed E-state index contributed by atoms with van der Waals surface area (Å²) in [6.07, 6.45) is 5.14. The van der Waals surface area contributed by atoms with E-state index in [1.54, 1.807) is 29.4 Å². The summed E-state index contributed by atoms with van der Waals surface area (Å²) in [6, 6.07) is 12.0. The lowest BCUT2D eigenvalue weighted by molar-refractivity contribution is 0.0501. The number of hydrogen-bond donors (Lipinski definition) is 2. The summed E-state index contributed by atoms with van der Waals surface area (Å²) in [5.41, 5.74) is 5.96. The van der Waals surface area contributed by atoms with Crippen molar-refractivity contribution in [2.24, 2.45) is 0 Å². The third-order valence-corrected chi connectivity index (χ3v) is 6.32. The molecule has 0 aliphatic carbocycles. The molecule has 176 valence electrons. The Balaban J connectivity index is 1.24.